The van der Waals surface area contributed by atoms with Crippen LogP contribution in [0.5, 0.6) is 5.88 Å². The van der Waals surface area contributed by atoms with E-state index in [0.29, 0.717) is 12.5 Å². The molecule has 1 aromatic carbocycles. The molecule has 0 aliphatic carbocycles. The Morgan fingerprint density at radius 2 is 2.07 bits per heavy atom. The van der Waals surface area contributed by atoms with E-state index in [9.17, 15) is 0 Å². The zero-order valence-electron chi connectivity index (χ0n) is 8.60. The molecule has 0 saturated carbocycles. The van der Waals surface area contributed by atoms with Gasteiger partial charge < -0.3 is 4.74 Å². The number of hydrogen-bond acceptors (Lipinski definition) is 2. The van der Waals surface area contributed by atoms with Crippen LogP contribution in [0.25, 0.3) is 0 Å². The van der Waals surface area contributed by atoms with E-state index in [1.165, 1.54) is 0 Å². The van der Waals surface area contributed by atoms with Crippen molar-refractivity contribution >= 4 is 0 Å². The third-order valence-corrected chi connectivity index (χ3v) is 2.06. The van der Waals surface area contributed by atoms with E-state index >= 15 is 0 Å². The standard InChI is InChI=1S/C13H12NO/c1-11-7-8-14-13(9-11)15-10-12-5-3-2-4-6-12/h3-9H,10H2,1H3. The first kappa shape index (κ1) is 9.71. The summed E-state index contributed by atoms with van der Waals surface area (Å²) in [5.41, 5.74) is 2.28. The van der Waals surface area contributed by atoms with Gasteiger partial charge in [-0.05, 0) is 30.2 Å². The Labute approximate surface area is 89.6 Å². The number of pyridine rings is 1. The molecule has 2 nitrogen and oxygen atoms in total. The van der Waals surface area contributed by atoms with Crippen molar-refractivity contribution < 1.29 is 4.74 Å². The fraction of sp³-hybridized carbons (Fsp3) is 0.154. The summed E-state index contributed by atoms with van der Waals surface area (Å²) in [6, 6.07) is 14.6. The normalized spacial score (nSPS) is 9.93. The van der Waals surface area contributed by atoms with Crippen LogP contribution in [0.3, 0.4) is 0 Å². The van der Waals surface area contributed by atoms with Gasteiger partial charge in [-0.3, -0.25) is 0 Å². The van der Waals surface area contributed by atoms with Crippen molar-refractivity contribution in [1.82, 2.24) is 4.98 Å². The molecular formula is C13H12NO. The second kappa shape index (κ2) is 4.60. The Bertz CT molecular complexity index is 426. The zero-order chi connectivity index (χ0) is 10.5. The highest BCUT2D eigenvalue weighted by Crippen LogP contribution is 2.10. The summed E-state index contributed by atoms with van der Waals surface area (Å²) in [4.78, 5) is 4.12. The highest BCUT2D eigenvalue weighted by Gasteiger charge is 1.96. The van der Waals surface area contributed by atoms with Crippen LogP contribution in [0.1, 0.15) is 11.1 Å². The molecule has 1 heterocycles. The largest absolute Gasteiger partial charge is 0.473 e. The van der Waals surface area contributed by atoms with Gasteiger partial charge in [0.25, 0.3) is 0 Å². The van der Waals surface area contributed by atoms with Crippen molar-refractivity contribution in [3.8, 4) is 5.88 Å². The molecule has 2 aromatic rings. The van der Waals surface area contributed by atoms with Crippen LogP contribution in [0.2, 0.25) is 0 Å². The summed E-state index contributed by atoms with van der Waals surface area (Å²) in [6.07, 6.45) is 1.75. The number of benzene rings is 1. The fourth-order valence-corrected chi connectivity index (χ4v) is 1.26. The maximum Gasteiger partial charge on any atom is 0.213 e. The molecule has 0 fully saturated rings. The molecule has 1 radical (unpaired) electrons. The minimum atomic E-state index is 0.547. The van der Waals surface area contributed by atoms with E-state index in [1.807, 2.05) is 43.3 Å². The van der Waals surface area contributed by atoms with E-state index in [1.54, 1.807) is 6.20 Å². The molecule has 0 spiro atoms. The monoisotopic (exact) mass is 198 g/mol. The second-order valence-electron chi connectivity index (χ2n) is 3.37. The average molecular weight is 198 g/mol. The van der Waals surface area contributed by atoms with Gasteiger partial charge in [-0.1, -0.05) is 24.3 Å². The van der Waals surface area contributed by atoms with Crippen molar-refractivity contribution in [2.45, 2.75) is 13.5 Å². The minimum absolute atomic E-state index is 0.547. The molecule has 2 heteroatoms. The Balaban J connectivity index is 1.99. The molecule has 1 aromatic heterocycles. The molecule has 15 heavy (non-hydrogen) atoms. The van der Waals surface area contributed by atoms with Crippen LogP contribution in [-0.2, 0) is 6.61 Å². The summed E-state index contributed by atoms with van der Waals surface area (Å²) < 4.78 is 5.55. The number of ether oxygens (including phenoxy) is 1. The summed E-state index contributed by atoms with van der Waals surface area (Å²) in [6.45, 7) is 2.57. The summed E-state index contributed by atoms with van der Waals surface area (Å²) in [5.74, 6) is 0.669. The third-order valence-electron chi connectivity index (χ3n) is 2.06. The van der Waals surface area contributed by atoms with Crippen LogP contribution < -0.4 is 4.74 Å². The number of hydrogen-bond donors (Lipinski definition) is 0. The maximum absolute atomic E-state index is 5.55. The molecule has 0 unspecified atom stereocenters. The van der Waals surface area contributed by atoms with Gasteiger partial charge >= 0.3 is 0 Å². The molecule has 75 valence electrons. The maximum atomic E-state index is 5.55. The molecule has 0 bridgehead atoms. The van der Waals surface area contributed by atoms with Crippen LogP contribution in [-0.4, -0.2) is 4.98 Å². The van der Waals surface area contributed by atoms with E-state index in [0.717, 1.165) is 11.1 Å². The fourth-order valence-electron chi connectivity index (χ4n) is 1.26. The first-order valence-corrected chi connectivity index (χ1v) is 4.85. The second-order valence-corrected chi connectivity index (χ2v) is 3.37. The molecule has 0 aliphatic rings. The van der Waals surface area contributed by atoms with E-state index in [-0.39, 0.29) is 0 Å². The Morgan fingerprint density at radius 1 is 1.27 bits per heavy atom. The first-order chi connectivity index (χ1) is 7.34. The lowest BCUT2D eigenvalue weighted by atomic mass is 10.2. The van der Waals surface area contributed by atoms with Gasteiger partial charge in [-0.25, -0.2) is 4.98 Å². The first-order valence-electron chi connectivity index (χ1n) is 4.85. The minimum Gasteiger partial charge on any atom is -0.473 e. The highest BCUT2D eigenvalue weighted by atomic mass is 16.5. The van der Waals surface area contributed by atoms with Crippen LogP contribution in [0, 0.1) is 13.0 Å². The third kappa shape index (κ3) is 2.81. The van der Waals surface area contributed by atoms with Crippen molar-refractivity contribution in [2.75, 3.05) is 0 Å². The van der Waals surface area contributed by atoms with E-state index < -0.39 is 0 Å². The van der Waals surface area contributed by atoms with Gasteiger partial charge in [-0.15, -0.1) is 0 Å². The Morgan fingerprint density at radius 3 is 2.80 bits per heavy atom. The average Bonchev–Trinajstić information content (AvgIpc) is 2.28. The lowest BCUT2D eigenvalue weighted by molar-refractivity contribution is 0.293. The summed E-state index contributed by atoms with van der Waals surface area (Å²) >= 11 is 0. The van der Waals surface area contributed by atoms with Gasteiger partial charge in [0.1, 0.15) is 6.61 Å². The number of aryl methyl sites for hydroxylation is 1. The predicted octanol–water partition coefficient (Wildman–Crippen LogP) is 2.77. The van der Waals surface area contributed by atoms with Crippen molar-refractivity contribution in [1.29, 1.82) is 0 Å². The lowest BCUT2D eigenvalue weighted by Crippen LogP contribution is -1.96. The molecule has 0 amide bonds. The Hall–Kier alpha value is -1.83. The van der Waals surface area contributed by atoms with Crippen molar-refractivity contribution in [3.63, 3.8) is 0 Å². The lowest BCUT2D eigenvalue weighted by Gasteiger charge is -2.05. The summed E-state index contributed by atoms with van der Waals surface area (Å²) in [5, 5.41) is 0. The topological polar surface area (TPSA) is 22.1 Å². The summed E-state index contributed by atoms with van der Waals surface area (Å²) in [7, 11) is 0. The smallest absolute Gasteiger partial charge is 0.213 e. The predicted molar refractivity (Wildman–Crippen MR) is 58.6 cm³/mol. The zero-order valence-corrected chi connectivity index (χ0v) is 8.60. The Kier molecular flexibility index (Phi) is 2.98. The van der Waals surface area contributed by atoms with Crippen LogP contribution in [0.4, 0.5) is 0 Å². The van der Waals surface area contributed by atoms with E-state index in [4.69, 9.17) is 4.74 Å². The van der Waals surface area contributed by atoms with Gasteiger partial charge in [-0.2, -0.15) is 0 Å². The SMILES string of the molecule is Cc1ccnc(OCc2cc[c]cc2)c1. The quantitative estimate of drug-likeness (QED) is 0.756. The molecule has 0 saturated heterocycles. The van der Waals surface area contributed by atoms with Crippen molar-refractivity contribution in [2.24, 2.45) is 0 Å². The van der Waals surface area contributed by atoms with Crippen LogP contribution in [0.15, 0.2) is 42.6 Å². The number of nitrogens with zero attached hydrogens (tertiary/aromatic N) is 1. The van der Waals surface area contributed by atoms with Crippen LogP contribution >= 0.6 is 0 Å². The highest BCUT2D eigenvalue weighted by molar-refractivity contribution is 5.20. The molecule has 0 N–H and O–H groups in total. The van der Waals surface area contributed by atoms with Crippen molar-refractivity contribution in [3.05, 3.63) is 59.8 Å². The van der Waals surface area contributed by atoms with Gasteiger partial charge in [0.2, 0.25) is 5.88 Å². The number of aromatic nitrogens is 1. The molecule has 0 aliphatic heterocycles. The molecule has 0 atom stereocenters. The van der Waals surface area contributed by atoms with E-state index in [2.05, 4.69) is 11.1 Å². The van der Waals surface area contributed by atoms with Gasteiger partial charge in [0.05, 0.1) is 0 Å². The molecule has 2 rings (SSSR count). The van der Waals surface area contributed by atoms with Gasteiger partial charge in [0, 0.05) is 12.3 Å². The van der Waals surface area contributed by atoms with Gasteiger partial charge in [0.15, 0.2) is 0 Å². The molecular weight excluding hydrogens is 186 g/mol. The number of rotatable bonds is 3.